The van der Waals surface area contributed by atoms with Crippen molar-refractivity contribution >= 4 is 12.4 Å². The minimum absolute atomic E-state index is 0. The first-order chi connectivity index (χ1) is 8.50. The second kappa shape index (κ2) is 5.94. The van der Waals surface area contributed by atoms with Gasteiger partial charge < -0.3 is 5.73 Å². The van der Waals surface area contributed by atoms with Gasteiger partial charge in [-0.2, -0.15) is 13.2 Å². The third-order valence-corrected chi connectivity index (χ3v) is 2.28. The average molecular weight is 291 g/mol. The van der Waals surface area contributed by atoms with E-state index in [0.29, 0.717) is 17.0 Å². The Labute approximate surface area is 113 Å². The molecular formula is C11H10ClF3N4. The smallest absolute Gasteiger partial charge is 0.325 e. The molecule has 0 radical (unpaired) electrons. The Hall–Kier alpha value is -1.73. The van der Waals surface area contributed by atoms with E-state index in [-0.39, 0.29) is 19.0 Å². The maximum atomic E-state index is 12.3. The molecule has 0 fully saturated rings. The predicted molar refractivity (Wildman–Crippen MR) is 65.4 cm³/mol. The Kier molecular flexibility index (Phi) is 4.79. The summed E-state index contributed by atoms with van der Waals surface area (Å²) in [5, 5.41) is 6.71. The monoisotopic (exact) mass is 290 g/mol. The van der Waals surface area contributed by atoms with E-state index in [1.165, 1.54) is 12.3 Å². The SMILES string of the molecule is Cl.NCc1cc(-c2ccc(C(F)(F)F)nn2)ccn1. The molecule has 8 heteroatoms. The van der Waals surface area contributed by atoms with Gasteiger partial charge in [-0.15, -0.1) is 22.6 Å². The van der Waals surface area contributed by atoms with Crippen molar-refractivity contribution in [3.8, 4) is 11.3 Å². The molecule has 102 valence electrons. The van der Waals surface area contributed by atoms with Crippen LogP contribution in [0.3, 0.4) is 0 Å². The summed E-state index contributed by atoms with van der Waals surface area (Å²) in [6.45, 7) is 0.252. The summed E-state index contributed by atoms with van der Waals surface area (Å²) in [6.07, 6.45) is -2.96. The van der Waals surface area contributed by atoms with E-state index in [1.807, 2.05) is 0 Å². The summed E-state index contributed by atoms with van der Waals surface area (Å²) in [5.41, 5.74) is 6.03. The van der Waals surface area contributed by atoms with E-state index in [0.717, 1.165) is 6.07 Å². The molecule has 2 heterocycles. The second-order valence-electron chi connectivity index (χ2n) is 3.54. The van der Waals surface area contributed by atoms with Crippen LogP contribution in [-0.4, -0.2) is 15.2 Å². The average Bonchev–Trinajstić information content (AvgIpc) is 2.38. The van der Waals surface area contributed by atoms with Crippen molar-refractivity contribution in [3.63, 3.8) is 0 Å². The summed E-state index contributed by atoms with van der Waals surface area (Å²) < 4.78 is 36.9. The zero-order valence-corrected chi connectivity index (χ0v) is 10.4. The Bertz CT molecular complexity index is 542. The normalized spacial score (nSPS) is 10.9. The lowest BCUT2D eigenvalue weighted by molar-refractivity contribution is -0.141. The fourth-order valence-corrected chi connectivity index (χ4v) is 1.39. The molecule has 0 saturated heterocycles. The van der Waals surface area contributed by atoms with Crippen LogP contribution in [0.1, 0.15) is 11.4 Å². The zero-order valence-electron chi connectivity index (χ0n) is 9.55. The van der Waals surface area contributed by atoms with Crippen LogP contribution < -0.4 is 5.73 Å². The largest absolute Gasteiger partial charge is 0.435 e. The quantitative estimate of drug-likeness (QED) is 0.922. The maximum absolute atomic E-state index is 12.3. The van der Waals surface area contributed by atoms with Gasteiger partial charge in [-0.05, 0) is 24.3 Å². The molecule has 2 aromatic rings. The predicted octanol–water partition coefficient (Wildman–Crippen LogP) is 2.44. The highest BCUT2D eigenvalue weighted by atomic mass is 35.5. The van der Waals surface area contributed by atoms with Gasteiger partial charge in [0.15, 0.2) is 5.69 Å². The Morgan fingerprint density at radius 3 is 2.37 bits per heavy atom. The van der Waals surface area contributed by atoms with Crippen LogP contribution in [0.4, 0.5) is 13.2 Å². The molecule has 4 nitrogen and oxygen atoms in total. The van der Waals surface area contributed by atoms with Crippen molar-refractivity contribution in [2.45, 2.75) is 12.7 Å². The topological polar surface area (TPSA) is 64.7 Å². The highest BCUT2D eigenvalue weighted by Crippen LogP contribution is 2.27. The molecule has 0 saturated carbocycles. The molecule has 2 rings (SSSR count). The van der Waals surface area contributed by atoms with Crippen LogP contribution in [0.5, 0.6) is 0 Å². The molecule has 0 amide bonds. The molecule has 0 atom stereocenters. The zero-order chi connectivity index (χ0) is 13.2. The van der Waals surface area contributed by atoms with Crippen molar-refractivity contribution in [2.75, 3.05) is 0 Å². The number of nitrogens with two attached hydrogens (primary N) is 1. The first kappa shape index (κ1) is 15.3. The van der Waals surface area contributed by atoms with Crippen LogP contribution in [0.25, 0.3) is 11.3 Å². The van der Waals surface area contributed by atoms with Gasteiger partial charge >= 0.3 is 6.18 Å². The fourth-order valence-electron chi connectivity index (χ4n) is 1.39. The maximum Gasteiger partial charge on any atom is 0.435 e. The second-order valence-corrected chi connectivity index (χ2v) is 3.54. The summed E-state index contributed by atoms with van der Waals surface area (Å²) in [5.74, 6) is 0. The molecule has 0 spiro atoms. The minimum Gasteiger partial charge on any atom is -0.325 e. The lowest BCUT2D eigenvalue weighted by atomic mass is 10.1. The third kappa shape index (κ3) is 3.62. The first-order valence-electron chi connectivity index (χ1n) is 5.07. The Morgan fingerprint density at radius 2 is 1.84 bits per heavy atom. The van der Waals surface area contributed by atoms with E-state index in [2.05, 4.69) is 15.2 Å². The molecule has 2 aromatic heterocycles. The third-order valence-electron chi connectivity index (χ3n) is 2.28. The van der Waals surface area contributed by atoms with Crippen LogP contribution in [0.15, 0.2) is 30.5 Å². The lowest BCUT2D eigenvalue weighted by Gasteiger charge is -2.06. The van der Waals surface area contributed by atoms with Crippen LogP contribution in [0.2, 0.25) is 0 Å². The molecule has 0 aliphatic carbocycles. The first-order valence-corrected chi connectivity index (χ1v) is 5.07. The number of hydrogen-bond donors (Lipinski definition) is 1. The Morgan fingerprint density at radius 1 is 1.11 bits per heavy atom. The van der Waals surface area contributed by atoms with Crippen LogP contribution >= 0.6 is 12.4 Å². The van der Waals surface area contributed by atoms with Crippen LogP contribution in [0, 0.1) is 0 Å². The van der Waals surface area contributed by atoms with Crippen molar-refractivity contribution in [2.24, 2.45) is 5.73 Å². The number of aromatic nitrogens is 3. The van der Waals surface area contributed by atoms with Gasteiger partial charge in [-0.1, -0.05) is 0 Å². The van der Waals surface area contributed by atoms with Gasteiger partial charge in [0.05, 0.1) is 11.4 Å². The minimum atomic E-state index is -4.48. The highest BCUT2D eigenvalue weighted by molar-refractivity contribution is 5.85. The molecule has 0 aromatic carbocycles. The number of alkyl halides is 3. The fraction of sp³-hybridized carbons (Fsp3) is 0.182. The van der Waals surface area contributed by atoms with Crippen molar-refractivity contribution in [1.29, 1.82) is 0 Å². The molecule has 0 unspecified atom stereocenters. The van der Waals surface area contributed by atoms with Gasteiger partial charge in [0.2, 0.25) is 0 Å². The van der Waals surface area contributed by atoms with Crippen molar-refractivity contribution < 1.29 is 13.2 Å². The summed E-state index contributed by atoms with van der Waals surface area (Å²) in [6, 6.07) is 5.46. The highest BCUT2D eigenvalue weighted by Gasteiger charge is 2.32. The molecule has 0 bridgehead atoms. The lowest BCUT2D eigenvalue weighted by Crippen LogP contribution is -2.09. The van der Waals surface area contributed by atoms with E-state index >= 15 is 0 Å². The number of hydrogen-bond acceptors (Lipinski definition) is 4. The van der Waals surface area contributed by atoms with Gasteiger partial charge in [-0.3, -0.25) is 4.98 Å². The molecule has 0 aliphatic rings. The van der Waals surface area contributed by atoms with E-state index < -0.39 is 11.9 Å². The summed E-state index contributed by atoms with van der Waals surface area (Å²) >= 11 is 0. The summed E-state index contributed by atoms with van der Waals surface area (Å²) in [7, 11) is 0. The van der Waals surface area contributed by atoms with E-state index in [4.69, 9.17) is 5.73 Å². The van der Waals surface area contributed by atoms with Gasteiger partial charge in [0.25, 0.3) is 0 Å². The standard InChI is InChI=1S/C11H9F3N4.ClH/c12-11(13,14)10-2-1-9(17-18-10)7-3-4-16-8(5-7)6-15;/h1-5H,6,15H2;1H. The van der Waals surface area contributed by atoms with Gasteiger partial charge in [0.1, 0.15) is 0 Å². The number of halogens is 4. The molecular weight excluding hydrogens is 281 g/mol. The van der Waals surface area contributed by atoms with Crippen LogP contribution in [-0.2, 0) is 12.7 Å². The van der Waals surface area contributed by atoms with Crippen molar-refractivity contribution in [3.05, 3.63) is 41.9 Å². The van der Waals surface area contributed by atoms with Gasteiger partial charge in [0, 0.05) is 18.3 Å². The number of nitrogens with zero attached hydrogens (tertiary/aromatic N) is 3. The van der Waals surface area contributed by atoms with E-state index in [9.17, 15) is 13.2 Å². The Balaban J connectivity index is 0.00000180. The number of rotatable bonds is 2. The molecule has 19 heavy (non-hydrogen) atoms. The van der Waals surface area contributed by atoms with E-state index in [1.54, 1.807) is 12.1 Å². The van der Waals surface area contributed by atoms with Crippen molar-refractivity contribution in [1.82, 2.24) is 15.2 Å². The summed E-state index contributed by atoms with van der Waals surface area (Å²) in [4.78, 5) is 3.99. The molecule has 0 aliphatic heterocycles. The number of pyridine rings is 1. The van der Waals surface area contributed by atoms with Gasteiger partial charge in [-0.25, -0.2) is 0 Å². The molecule has 2 N–H and O–H groups in total.